The summed E-state index contributed by atoms with van der Waals surface area (Å²) in [6.07, 6.45) is 0.824. The van der Waals surface area contributed by atoms with E-state index in [-0.39, 0.29) is 6.61 Å². The minimum absolute atomic E-state index is 0.264. The van der Waals surface area contributed by atoms with Crippen molar-refractivity contribution in [2.45, 2.75) is 26.8 Å². The van der Waals surface area contributed by atoms with Crippen molar-refractivity contribution in [3.63, 3.8) is 0 Å². The standard InChI is InChI=1S/C12H19NO/c1-10-4-5-12(11(2)8-10)9-13-6-3-7-14/h4-5,8,13-14H,3,6-7,9H2,1-2H3. The van der Waals surface area contributed by atoms with Gasteiger partial charge in [0, 0.05) is 13.2 Å². The molecule has 0 bridgehead atoms. The number of hydrogen-bond acceptors (Lipinski definition) is 2. The van der Waals surface area contributed by atoms with Crippen molar-refractivity contribution >= 4 is 0 Å². The van der Waals surface area contributed by atoms with Crippen LogP contribution in [0.15, 0.2) is 18.2 Å². The van der Waals surface area contributed by atoms with Gasteiger partial charge in [0.1, 0.15) is 0 Å². The monoisotopic (exact) mass is 193 g/mol. The zero-order valence-corrected chi connectivity index (χ0v) is 9.01. The zero-order valence-electron chi connectivity index (χ0n) is 9.01. The van der Waals surface area contributed by atoms with Gasteiger partial charge in [-0.3, -0.25) is 0 Å². The molecule has 0 aliphatic heterocycles. The second kappa shape index (κ2) is 5.78. The summed E-state index contributed by atoms with van der Waals surface area (Å²) in [6.45, 7) is 6.28. The molecule has 0 heterocycles. The molecule has 0 unspecified atom stereocenters. The highest BCUT2D eigenvalue weighted by Crippen LogP contribution is 2.09. The highest BCUT2D eigenvalue weighted by molar-refractivity contribution is 5.30. The first-order valence-electron chi connectivity index (χ1n) is 5.11. The van der Waals surface area contributed by atoms with Crippen LogP contribution in [0.5, 0.6) is 0 Å². The number of aliphatic hydroxyl groups excluding tert-OH is 1. The van der Waals surface area contributed by atoms with Crippen molar-refractivity contribution in [2.24, 2.45) is 0 Å². The van der Waals surface area contributed by atoms with E-state index in [9.17, 15) is 0 Å². The van der Waals surface area contributed by atoms with Crippen molar-refractivity contribution in [3.05, 3.63) is 34.9 Å². The number of benzene rings is 1. The molecular weight excluding hydrogens is 174 g/mol. The van der Waals surface area contributed by atoms with Crippen LogP contribution in [0, 0.1) is 13.8 Å². The molecule has 0 aliphatic rings. The summed E-state index contributed by atoms with van der Waals surface area (Å²) >= 11 is 0. The van der Waals surface area contributed by atoms with E-state index in [0.717, 1.165) is 19.5 Å². The summed E-state index contributed by atoms with van der Waals surface area (Å²) in [6, 6.07) is 6.50. The maximum absolute atomic E-state index is 8.61. The molecule has 0 aliphatic carbocycles. The first kappa shape index (κ1) is 11.2. The molecule has 1 aromatic carbocycles. The highest BCUT2D eigenvalue weighted by Gasteiger charge is 1.97. The van der Waals surface area contributed by atoms with Crippen LogP contribution in [0.25, 0.3) is 0 Å². The quantitative estimate of drug-likeness (QED) is 0.699. The summed E-state index contributed by atoms with van der Waals surface area (Å²) in [5.41, 5.74) is 3.98. The van der Waals surface area contributed by atoms with Gasteiger partial charge < -0.3 is 10.4 Å². The fourth-order valence-electron chi connectivity index (χ4n) is 1.47. The number of rotatable bonds is 5. The number of aliphatic hydroxyl groups is 1. The molecule has 2 N–H and O–H groups in total. The van der Waals surface area contributed by atoms with E-state index in [2.05, 4.69) is 37.4 Å². The van der Waals surface area contributed by atoms with E-state index in [1.807, 2.05) is 0 Å². The Labute approximate surface area is 86.0 Å². The molecule has 2 nitrogen and oxygen atoms in total. The van der Waals surface area contributed by atoms with E-state index in [1.54, 1.807) is 0 Å². The van der Waals surface area contributed by atoms with Gasteiger partial charge in [-0.2, -0.15) is 0 Å². The van der Waals surface area contributed by atoms with Gasteiger partial charge in [0.15, 0.2) is 0 Å². The van der Waals surface area contributed by atoms with Crippen molar-refractivity contribution in [1.29, 1.82) is 0 Å². The SMILES string of the molecule is Cc1ccc(CNCCCO)c(C)c1. The smallest absolute Gasteiger partial charge is 0.0443 e. The minimum Gasteiger partial charge on any atom is -0.396 e. The first-order valence-corrected chi connectivity index (χ1v) is 5.11. The molecule has 2 heteroatoms. The third-order valence-electron chi connectivity index (χ3n) is 2.33. The molecular formula is C12H19NO. The van der Waals surface area contributed by atoms with Crippen LogP contribution in [0.4, 0.5) is 0 Å². The third kappa shape index (κ3) is 3.48. The van der Waals surface area contributed by atoms with Gasteiger partial charge in [0.05, 0.1) is 0 Å². The Morgan fingerprint density at radius 2 is 2.07 bits per heavy atom. The normalized spacial score (nSPS) is 10.5. The van der Waals surface area contributed by atoms with Crippen LogP contribution in [-0.2, 0) is 6.54 Å². The van der Waals surface area contributed by atoms with Gasteiger partial charge >= 0.3 is 0 Å². The molecule has 14 heavy (non-hydrogen) atoms. The lowest BCUT2D eigenvalue weighted by atomic mass is 10.1. The number of aryl methyl sites for hydroxylation is 2. The van der Waals surface area contributed by atoms with Crippen molar-refractivity contribution in [3.8, 4) is 0 Å². The Kier molecular flexibility index (Phi) is 4.63. The summed E-state index contributed by atoms with van der Waals surface area (Å²) in [5.74, 6) is 0. The van der Waals surface area contributed by atoms with E-state index < -0.39 is 0 Å². The maximum Gasteiger partial charge on any atom is 0.0443 e. The average Bonchev–Trinajstić information content (AvgIpc) is 2.15. The Balaban J connectivity index is 2.42. The van der Waals surface area contributed by atoms with Crippen LogP contribution in [0.3, 0.4) is 0 Å². The number of nitrogens with one attached hydrogen (secondary N) is 1. The van der Waals surface area contributed by atoms with Gasteiger partial charge in [-0.15, -0.1) is 0 Å². The number of hydrogen-bond donors (Lipinski definition) is 2. The topological polar surface area (TPSA) is 32.3 Å². The molecule has 0 atom stereocenters. The lowest BCUT2D eigenvalue weighted by Gasteiger charge is -2.07. The van der Waals surface area contributed by atoms with Crippen LogP contribution in [0.2, 0.25) is 0 Å². The van der Waals surface area contributed by atoms with Crippen LogP contribution >= 0.6 is 0 Å². The molecule has 0 radical (unpaired) electrons. The van der Waals surface area contributed by atoms with Gasteiger partial charge in [0.2, 0.25) is 0 Å². The molecule has 0 fully saturated rings. The molecule has 0 aromatic heterocycles. The second-order valence-corrected chi connectivity index (χ2v) is 3.68. The molecule has 0 saturated heterocycles. The average molecular weight is 193 g/mol. The molecule has 78 valence electrons. The molecule has 1 rings (SSSR count). The summed E-state index contributed by atoms with van der Waals surface area (Å²) in [5, 5.41) is 11.9. The van der Waals surface area contributed by atoms with Crippen molar-refractivity contribution in [1.82, 2.24) is 5.32 Å². The first-order chi connectivity index (χ1) is 6.74. The van der Waals surface area contributed by atoms with E-state index >= 15 is 0 Å². The Bertz CT molecular complexity index is 284. The van der Waals surface area contributed by atoms with Gasteiger partial charge in [-0.1, -0.05) is 23.8 Å². The Hall–Kier alpha value is -0.860. The van der Waals surface area contributed by atoms with Crippen molar-refractivity contribution in [2.75, 3.05) is 13.2 Å². The summed E-state index contributed by atoms with van der Waals surface area (Å²) in [4.78, 5) is 0. The lowest BCUT2D eigenvalue weighted by Crippen LogP contribution is -2.16. The van der Waals surface area contributed by atoms with Crippen LogP contribution < -0.4 is 5.32 Å². The lowest BCUT2D eigenvalue weighted by molar-refractivity contribution is 0.286. The van der Waals surface area contributed by atoms with Gasteiger partial charge in [0.25, 0.3) is 0 Å². The molecule has 0 spiro atoms. The Morgan fingerprint density at radius 3 is 2.71 bits per heavy atom. The van der Waals surface area contributed by atoms with Gasteiger partial charge in [-0.25, -0.2) is 0 Å². The minimum atomic E-state index is 0.264. The molecule has 1 aromatic rings. The highest BCUT2D eigenvalue weighted by atomic mass is 16.3. The predicted octanol–water partition coefficient (Wildman–Crippen LogP) is 1.78. The van der Waals surface area contributed by atoms with E-state index in [0.29, 0.717) is 0 Å². The third-order valence-corrected chi connectivity index (χ3v) is 2.33. The zero-order chi connectivity index (χ0) is 10.4. The van der Waals surface area contributed by atoms with E-state index in [1.165, 1.54) is 16.7 Å². The summed E-state index contributed by atoms with van der Waals surface area (Å²) < 4.78 is 0. The van der Waals surface area contributed by atoms with Crippen LogP contribution in [0.1, 0.15) is 23.1 Å². The largest absolute Gasteiger partial charge is 0.396 e. The van der Waals surface area contributed by atoms with Crippen molar-refractivity contribution < 1.29 is 5.11 Å². The Morgan fingerprint density at radius 1 is 1.29 bits per heavy atom. The summed E-state index contributed by atoms with van der Waals surface area (Å²) in [7, 11) is 0. The predicted molar refractivity (Wildman–Crippen MR) is 59.3 cm³/mol. The second-order valence-electron chi connectivity index (χ2n) is 3.68. The van der Waals surface area contributed by atoms with E-state index in [4.69, 9.17) is 5.11 Å². The fraction of sp³-hybridized carbons (Fsp3) is 0.500. The maximum atomic E-state index is 8.61. The molecule has 0 amide bonds. The molecule has 0 saturated carbocycles. The fourth-order valence-corrected chi connectivity index (χ4v) is 1.47. The van der Waals surface area contributed by atoms with Gasteiger partial charge in [-0.05, 0) is 37.9 Å². The van der Waals surface area contributed by atoms with Crippen LogP contribution in [-0.4, -0.2) is 18.3 Å².